The standard InChI is InChI=1S/C13H9BrN4/c14-10-5-3-4-9(8-10)12-16-13(18-17-12)11-6-1-2-7-15-11/h1-8H,(H,16,17,18). The number of hydrogen-bond donors (Lipinski definition) is 1. The van der Waals surface area contributed by atoms with E-state index in [-0.39, 0.29) is 0 Å². The molecule has 0 unspecified atom stereocenters. The van der Waals surface area contributed by atoms with Crippen LogP contribution in [0.4, 0.5) is 0 Å². The maximum Gasteiger partial charge on any atom is 0.181 e. The first-order valence-electron chi connectivity index (χ1n) is 5.43. The van der Waals surface area contributed by atoms with Crippen LogP contribution in [-0.4, -0.2) is 20.2 Å². The average Bonchev–Trinajstić information content (AvgIpc) is 2.89. The van der Waals surface area contributed by atoms with Crippen LogP contribution in [0.1, 0.15) is 0 Å². The number of hydrogen-bond acceptors (Lipinski definition) is 3. The topological polar surface area (TPSA) is 54.5 Å². The molecule has 0 saturated heterocycles. The highest BCUT2D eigenvalue weighted by molar-refractivity contribution is 9.10. The van der Waals surface area contributed by atoms with Crippen LogP contribution >= 0.6 is 15.9 Å². The van der Waals surface area contributed by atoms with Crippen LogP contribution in [0, 0.1) is 0 Å². The molecule has 1 aromatic carbocycles. The largest absolute Gasteiger partial charge is 0.257 e. The predicted octanol–water partition coefficient (Wildman–Crippen LogP) is 3.30. The van der Waals surface area contributed by atoms with E-state index in [0.717, 1.165) is 15.7 Å². The molecule has 1 N–H and O–H groups in total. The third-order valence-corrected chi connectivity index (χ3v) is 2.97. The summed E-state index contributed by atoms with van der Waals surface area (Å²) >= 11 is 3.43. The number of nitrogens with zero attached hydrogens (tertiary/aromatic N) is 3. The van der Waals surface area contributed by atoms with Gasteiger partial charge in [0.1, 0.15) is 5.69 Å². The zero-order chi connectivity index (χ0) is 12.4. The normalized spacial score (nSPS) is 10.5. The minimum absolute atomic E-state index is 0.664. The van der Waals surface area contributed by atoms with E-state index in [2.05, 4.69) is 36.1 Å². The van der Waals surface area contributed by atoms with Gasteiger partial charge in [0.2, 0.25) is 0 Å². The van der Waals surface area contributed by atoms with Gasteiger partial charge in [0.05, 0.1) is 0 Å². The molecule has 0 aliphatic carbocycles. The minimum Gasteiger partial charge on any atom is -0.257 e. The van der Waals surface area contributed by atoms with Crippen LogP contribution in [0.2, 0.25) is 0 Å². The molecule has 0 bridgehead atoms. The highest BCUT2D eigenvalue weighted by atomic mass is 79.9. The minimum atomic E-state index is 0.664. The van der Waals surface area contributed by atoms with Crippen molar-refractivity contribution >= 4 is 15.9 Å². The van der Waals surface area contributed by atoms with Crippen LogP contribution < -0.4 is 0 Å². The number of benzene rings is 1. The molecule has 88 valence electrons. The van der Waals surface area contributed by atoms with Gasteiger partial charge in [-0.3, -0.25) is 10.1 Å². The summed E-state index contributed by atoms with van der Waals surface area (Å²) in [6.45, 7) is 0. The van der Waals surface area contributed by atoms with E-state index in [1.54, 1.807) is 6.20 Å². The monoisotopic (exact) mass is 300 g/mol. The van der Waals surface area contributed by atoms with Gasteiger partial charge in [-0.05, 0) is 24.3 Å². The molecule has 0 aliphatic heterocycles. The molecule has 0 amide bonds. The van der Waals surface area contributed by atoms with Crippen LogP contribution in [0.3, 0.4) is 0 Å². The number of nitrogens with one attached hydrogen (secondary N) is 1. The van der Waals surface area contributed by atoms with Gasteiger partial charge >= 0.3 is 0 Å². The van der Waals surface area contributed by atoms with E-state index in [0.29, 0.717) is 11.6 Å². The number of halogens is 1. The Morgan fingerprint density at radius 3 is 2.78 bits per heavy atom. The molecule has 18 heavy (non-hydrogen) atoms. The van der Waals surface area contributed by atoms with Crippen molar-refractivity contribution < 1.29 is 0 Å². The van der Waals surface area contributed by atoms with E-state index in [1.165, 1.54) is 0 Å². The highest BCUT2D eigenvalue weighted by Gasteiger charge is 2.08. The number of aromatic nitrogens is 4. The molecule has 2 heterocycles. The van der Waals surface area contributed by atoms with Gasteiger partial charge in [-0.15, -0.1) is 0 Å². The second kappa shape index (κ2) is 4.70. The third-order valence-electron chi connectivity index (χ3n) is 2.48. The Morgan fingerprint density at radius 2 is 2.00 bits per heavy atom. The molecule has 5 heteroatoms. The molecule has 4 nitrogen and oxygen atoms in total. The molecule has 3 aromatic rings. The van der Waals surface area contributed by atoms with Crippen molar-refractivity contribution in [2.45, 2.75) is 0 Å². The summed E-state index contributed by atoms with van der Waals surface area (Å²) in [5.41, 5.74) is 1.74. The van der Waals surface area contributed by atoms with E-state index in [9.17, 15) is 0 Å². The van der Waals surface area contributed by atoms with Crippen molar-refractivity contribution in [1.29, 1.82) is 0 Å². The summed E-state index contributed by atoms with van der Waals surface area (Å²) < 4.78 is 1.00. The molecule has 0 radical (unpaired) electrons. The van der Waals surface area contributed by atoms with Crippen LogP contribution in [-0.2, 0) is 0 Å². The van der Waals surface area contributed by atoms with E-state index < -0.39 is 0 Å². The zero-order valence-electron chi connectivity index (χ0n) is 9.34. The molecular weight excluding hydrogens is 292 g/mol. The maximum atomic E-state index is 4.44. The Hall–Kier alpha value is -2.01. The highest BCUT2D eigenvalue weighted by Crippen LogP contribution is 2.21. The average molecular weight is 301 g/mol. The first-order chi connectivity index (χ1) is 8.83. The lowest BCUT2D eigenvalue weighted by atomic mass is 10.2. The molecule has 0 saturated carbocycles. The Balaban J connectivity index is 2.00. The lowest BCUT2D eigenvalue weighted by Gasteiger charge is -1.95. The first-order valence-corrected chi connectivity index (χ1v) is 6.22. The van der Waals surface area contributed by atoms with Crippen molar-refractivity contribution in [2.24, 2.45) is 0 Å². The van der Waals surface area contributed by atoms with Crippen LogP contribution in [0.5, 0.6) is 0 Å². The van der Waals surface area contributed by atoms with Gasteiger partial charge in [-0.25, -0.2) is 4.98 Å². The lowest BCUT2D eigenvalue weighted by molar-refractivity contribution is 1.09. The molecule has 0 spiro atoms. The van der Waals surface area contributed by atoms with Gasteiger partial charge in [-0.2, -0.15) is 5.10 Å². The fourth-order valence-electron chi connectivity index (χ4n) is 1.64. The van der Waals surface area contributed by atoms with Crippen molar-refractivity contribution in [3.05, 3.63) is 53.1 Å². The smallest absolute Gasteiger partial charge is 0.181 e. The summed E-state index contributed by atoms with van der Waals surface area (Å²) in [5, 5.41) is 7.11. The molecule has 0 aliphatic rings. The fraction of sp³-hybridized carbons (Fsp3) is 0. The number of rotatable bonds is 2. The predicted molar refractivity (Wildman–Crippen MR) is 72.7 cm³/mol. The number of H-pyrrole nitrogens is 1. The second-order valence-corrected chi connectivity index (χ2v) is 4.65. The first kappa shape index (κ1) is 11.1. The summed E-state index contributed by atoms with van der Waals surface area (Å²) in [5.74, 6) is 1.34. The molecular formula is C13H9BrN4. The van der Waals surface area contributed by atoms with E-state index in [1.807, 2.05) is 42.5 Å². The van der Waals surface area contributed by atoms with Crippen molar-refractivity contribution in [1.82, 2.24) is 20.2 Å². The third kappa shape index (κ3) is 2.17. The van der Waals surface area contributed by atoms with E-state index >= 15 is 0 Å². The Labute approximate surface area is 112 Å². The second-order valence-electron chi connectivity index (χ2n) is 3.73. The molecule has 3 rings (SSSR count). The van der Waals surface area contributed by atoms with Crippen molar-refractivity contribution in [3.63, 3.8) is 0 Å². The van der Waals surface area contributed by atoms with Gasteiger partial charge < -0.3 is 0 Å². The quantitative estimate of drug-likeness (QED) is 0.790. The van der Waals surface area contributed by atoms with Crippen LogP contribution in [0.15, 0.2) is 53.1 Å². The van der Waals surface area contributed by atoms with Gasteiger partial charge in [-0.1, -0.05) is 34.1 Å². The Bertz CT molecular complexity index is 664. The summed E-state index contributed by atoms with van der Waals surface area (Å²) in [7, 11) is 0. The van der Waals surface area contributed by atoms with Crippen molar-refractivity contribution in [2.75, 3.05) is 0 Å². The Morgan fingerprint density at radius 1 is 1.06 bits per heavy atom. The van der Waals surface area contributed by atoms with Gasteiger partial charge in [0.15, 0.2) is 11.6 Å². The zero-order valence-corrected chi connectivity index (χ0v) is 10.9. The van der Waals surface area contributed by atoms with Gasteiger partial charge in [0.25, 0.3) is 0 Å². The maximum absolute atomic E-state index is 4.44. The lowest BCUT2D eigenvalue weighted by Crippen LogP contribution is -1.84. The number of aromatic amines is 1. The summed E-state index contributed by atoms with van der Waals surface area (Å²) in [6, 6.07) is 13.6. The summed E-state index contributed by atoms with van der Waals surface area (Å²) in [6.07, 6.45) is 1.73. The Kier molecular flexibility index (Phi) is 2.90. The molecule has 0 atom stereocenters. The van der Waals surface area contributed by atoms with Gasteiger partial charge in [0, 0.05) is 16.2 Å². The SMILES string of the molecule is Brc1cccc(-c2n[nH]c(-c3ccccn3)n2)c1. The van der Waals surface area contributed by atoms with Crippen LogP contribution in [0.25, 0.3) is 22.9 Å². The number of pyridine rings is 1. The van der Waals surface area contributed by atoms with E-state index in [4.69, 9.17) is 0 Å². The molecule has 0 fully saturated rings. The van der Waals surface area contributed by atoms with Crippen molar-refractivity contribution in [3.8, 4) is 22.9 Å². The summed E-state index contributed by atoms with van der Waals surface area (Å²) in [4.78, 5) is 8.67. The molecule has 2 aromatic heterocycles. The fourth-order valence-corrected chi connectivity index (χ4v) is 2.04.